The zero-order valence-electron chi connectivity index (χ0n) is 15.1. The number of anilines is 3. The summed E-state index contributed by atoms with van der Waals surface area (Å²) in [7, 11) is 0. The molecule has 27 heavy (non-hydrogen) atoms. The Labute approximate surface area is 171 Å². The highest BCUT2D eigenvalue weighted by Gasteiger charge is 2.39. The third-order valence-electron chi connectivity index (χ3n) is 5.55. The average Bonchev–Trinajstić information content (AvgIpc) is 3.13. The maximum Gasteiger partial charge on any atom is 0.153 e. The van der Waals surface area contributed by atoms with E-state index in [0.717, 1.165) is 34.1 Å². The maximum atomic E-state index is 4.86. The second-order valence-corrected chi connectivity index (χ2v) is 8.64. The summed E-state index contributed by atoms with van der Waals surface area (Å²) in [5.74, 6) is 2.42. The van der Waals surface area contributed by atoms with Crippen molar-refractivity contribution in [1.29, 1.82) is 0 Å². The maximum absolute atomic E-state index is 4.86. The van der Waals surface area contributed by atoms with Crippen LogP contribution in [-0.4, -0.2) is 41.4 Å². The Kier molecular flexibility index (Phi) is 4.39. The van der Waals surface area contributed by atoms with E-state index in [1.54, 1.807) is 0 Å². The summed E-state index contributed by atoms with van der Waals surface area (Å²) in [6.45, 7) is 1.98. The van der Waals surface area contributed by atoms with Gasteiger partial charge in [0.15, 0.2) is 5.82 Å². The van der Waals surface area contributed by atoms with Gasteiger partial charge >= 0.3 is 0 Å². The third kappa shape index (κ3) is 3.36. The minimum absolute atomic E-state index is 0.451. The molecule has 140 valence electrons. The number of nitrogens with one attached hydrogen (secondary N) is 3. The summed E-state index contributed by atoms with van der Waals surface area (Å²) in [5.41, 5.74) is 1.94. The van der Waals surface area contributed by atoms with Gasteiger partial charge in [-0.3, -0.25) is 10.1 Å². The lowest BCUT2D eigenvalue weighted by atomic mass is 9.99. The average molecular weight is 475 g/mol. The van der Waals surface area contributed by atoms with Crippen molar-refractivity contribution in [3.05, 3.63) is 36.2 Å². The Morgan fingerprint density at radius 1 is 1.19 bits per heavy atom. The summed E-state index contributed by atoms with van der Waals surface area (Å²) >= 11 is 2.51. The molecule has 0 aromatic carbocycles. The van der Waals surface area contributed by atoms with Crippen LogP contribution in [0.25, 0.3) is 10.9 Å². The number of hydrogen-bond donors (Lipinski definition) is 3. The topological polar surface area (TPSA) is 81.8 Å². The molecule has 1 unspecified atom stereocenters. The SMILES string of the molecule is Cc1cc(Nc2cc3ncccc3c(NC3C[C@H]4CC[C@@H](C3)N4I)n2)n[nH]1. The van der Waals surface area contributed by atoms with E-state index in [0.29, 0.717) is 18.1 Å². The smallest absolute Gasteiger partial charge is 0.153 e. The predicted molar refractivity (Wildman–Crippen MR) is 115 cm³/mol. The number of hydrogen-bond acceptors (Lipinski definition) is 6. The number of halogens is 1. The molecule has 0 radical (unpaired) electrons. The lowest BCUT2D eigenvalue weighted by Crippen LogP contribution is -2.41. The Bertz CT molecular complexity index is 958. The predicted octanol–water partition coefficient (Wildman–Crippen LogP) is 4.16. The molecule has 0 spiro atoms. The third-order valence-corrected chi connectivity index (χ3v) is 7.12. The van der Waals surface area contributed by atoms with Crippen LogP contribution in [0.4, 0.5) is 17.5 Å². The number of H-pyrrole nitrogens is 1. The van der Waals surface area contributed by atoms with Crippen LogP contribution in [0.5, 0.6) is 0 Å². The molecule has 0 saturated carbocycles. The molecule has 7 nitrogen and oxygen atoms in total. The lowest BCUT2D eigenvalue weighted by Gasteiger charge is -2.35. The number of rotatable bonds is 4. The summed E-state index contributed by atoms with van der Waals surface area (Å²) in [6, 6.07) is 9.80. The van der Waals surface area contributed by atoms with Crippen molar-refractivity contribution in [3.63, 3.8) is 0 Å². The standard InChI is InChI=1S/C19H22IN7/c1-11-7-18(26-25-11)23-17-10-16-15(3-2-6-21-16)19(24-17)22-12-8-13-4-5-14(9-12)27(13)20/h2-3,6-7,10,12-14H,4-5,8-9H2,1H3,(H3,22,23,24,25,26)/t12?,13-,14+. The van der Waals surface area contributed by atoms with E-state index < -0.39 is 0 Å². The number of nitrogens with zero attached hydrogens (tertiary/aromatic N) is 4. The van der Waals surface area contributed by atoms with Gasteiger partial charge in [0, 0.05) is 70.4 Å². The van der Waals surface area contributed by atoms with Crippen LogP contribution >= 0.6 is 22.9 Å². The van der Waals surface area contributed by atoms with Crippen LogP contribution < -0.4 is 10.6 Å². The van der Waals surface area contributed by atoms with Gasteiger partial charge in [-0.05, 0) is 44.7 Å². The van der Waals surface area contributed by atoms with Crippen LogP contribution in [-0.2, 0) is 0 Å². The molecule has 2 fully saturated rings. The van der Waals surface area contributed by atoms with Gasteiger partial charge in [-0.25, -0.2) is 8.10 Å². The van der Waals surface area contributed by atoms with Gasteiger partial charge in [-0.15, -0.1) is 0 Å². The fourth-order valence-electron chi connectivity index (χ4n) is 4.29. The van der Waals surface area contributed by atoms with Crippen molar-refractivity contribution in [1.82, 2.24) is 23.3 Å². The monoisotopic (exact) mass is 475 g/mol. The summed E-state index contributed by atoms with van der Waals surface area (Å²) in [4.78, 5) is 9.40. The van der Waals surface area contributed by atoms with Crippen LogP contribution in [0, 0.1) is 6.92 Å². The van der Waals surface area contributed by atoms with Crippen LogP contribution in [0.2, 0.25) is 0 Å². The van der Waals surface area contributed by atoms with E-state index in [1.165, 1.54) is 25.7 Å². The number of aromatic nitrogens is 4. The second-order valence-electron chi connectivity index (χ2n) is 7.53. The van der Waals surface area contributed by atoms with Crippen molar-refractivity contribution in [2.45, 2.75) is 50.7 Å². The molecule has 3 atom stereocenters. The van der Waals surface area contributed by atoms with Gasteiger partial charge in [0.1, 0.15) is 11.6 Å². The number of fused-ring (bicyclic) bond motifs is 3. The molecule has 2 aliphatic rings. The number of piperidine rings is 1. The number of aryl methyl sites for hydroxylation is 1. The molecule has 0 amide bonds. The van der Waals surface area contributed by atoms with E-state index in [4.69, 9.17) is 4.98 Å². The fourth-order valence-corrected chi connectivity index (χ4v) is 5.31. The Morgan fingerprint density at radius 2 is 2.00 bits per heavy atom. The van der Waals surface area contributed by atoms with Gasteiger partial charge in [0.2, 0.25) is 0 Å². The molecule has 5 rings (SSSR count). The Hall–Kier alpha value is -1.94. The van der Waals surface area contributed by atoms with Crippen molar-refractivity contribution in [2.75, 3.05) is 10.6 Å². The van der Waals surface area contributed by atoms with E-state index in [9.17, 15) is 0 Å². The molecule has 2 aliphatic heterocycles. The zero-order valence-corrected chi connectivity index (χ0v) is 17.3. The van der Waals surface area contributed by atoms with Crippen LogP contribution in [0.15, 0.2) is 30.5 Å². The normalized spacial score (nSPS) is 25.0. The highest BCUT2D eigenvalue weighted by atomic mass is 127. The Balaban J connectivity index is 1.45. The molecule has 3 aromatic heterocycles. The molecule has 2 saturated heterocycles. The molecule has 0 aliphatic carbocycles. The van der Waals surface area contributed by atoms with Crippen molar-refractivity contribution in [3.8, 4) is 0 Å². The van der Waals surface area contributed by atoms with E-state index in [2.05, 4.69) is 57.9 Å². The first-order valence-corrected chi connectivity index (χ1v) is 10.4. The van der Waals surface area contributed by atoms with E-state index in [1.807, 2.05) is 31.3 Å². The first-order chi connectivity index (χ1) is 13.2. The van der Waals surface area contributed by atoms with Gasteiger partial charge in [-0.2, -0.15) is 5.10 Å². The van der Waals surface area contributed by atoms with Crippen molar-refractivity contribution < 1.29 is 0 Å². The first-order valence-electron chi connectivity index (χ1n) is 9.41. The molecule has 5 heterocycles. The quantitative estimate of drug-likeness (QED) is 0.389. The highest BCUT2D eigenvalue weighted by molar-refractivity contribution is 14.1. The minimum Gasteiger partial charge on any atom is -0.367 e. The van der Waals surface area contributed by atoms with Gasteiger partial charge < -0.3 is 10.6 Å². The van der Waals surface area contributed by atoms with Crippen molar-refractivity contribution >= 4 is 51.2 Å². The molecule has 2 bridgehead atoms. The Morgan fingerprint density at radius 3 is 2.74 bits per heavy atom. The molecule has 3 N–H and O–H groups in total. The second kappa shape index (κ2) is 6.90. The summed E-state index contributed by atoms with van der Waals surface area (Å²) < 4.78 is 2.53. The van der Waals surface area contributed by atoms with Crippen LogP contribution in [0.3, 0.4) is 0 Å². The highest BCUT2D eigenvalue weighted by Crippen LogP contribution is 2.39. The molecular formula is C19H22IN7. The number of pyridine rings is 2. The van der Waals surface area contributed by atoms with Gasteiger partial charge in [0.05, 0.1) is 5.52 Å². The zero-order chi connectivity index (χ0) is 18.4. The van der Waals surface area contributed by atoms with Crippen molar-refractivity contribution in [2.24, 2.45) is 0 Å². The molecular weight excluding hydrogens is 453 g/mol. The number of aromatic amines is 1. The summed E-state index contributed by atoms with van der Waals surface area (Å²) in [5, 5.41) is 15.3. The molecule has 8 heteroatoms. The van der Waals surface area contributed by atoms with E-state index >= 15 is 0 Å². The minimum atomic E-state index is 0.451. The fraction of sp³-hybridized carbons (Fsp3) is 0.421. The van der Waals surface area contributed by atoms with E-state index in [-0.39, 0.29) is 0 Å². The van der Waals surface area contributed by atoms with Crippen LogP contribution in [0.1, 0.15) is 31.4 Å². The lowest BCUT2D eigenvalue weighted by molar-refractivity contribution is 0.278. The van der Waals surface area contributed by atoms with Gasteiger partial charge in [-0.1, -0.05) is 0 Å². The first kappa shape index (κ1) is 17.2. The molecule has 3 aromatic rings. The summed E-state index contributed by atoms with van der Waals surface area (Å²) in [6.07, 6.45) is 6.77. The van der Waals surface area contributed by atoms with Gasteiger partial charge in [0.25, 0.3) is 0 Å². The largest absolute Gasteiger partial charge is 0.367 e.